The first-order valence-corrected chi connectivity index (χ1v) is 10.9. The van der Waals surface area contributed by atoms with Crippen LogP contribution >= 0.6 is 11.8 Å². The Hall–Kier alpha value is -2.87. The minimum Gasteiger partial charge on any atom is -0.349 e. The van der Waals surface area contributed by atoms with Gasteiger partial charge in [-0.1, -0.05) is 47.7 Å². The predicted octanol–water partition coefficient (Wildman–Crippen LogP) is 3.58. The number of aromatic nitrogens is 5. The summed E-state index contributed by atoms with van der Waals surface area (Å²) in [4.78, 5) is 12.3. The van der Waals surface area contributed by atoms with Gasteiger partial charge in [0.1, 0.15) is 0 Å². The minimum atomic E-state index is -0.0373. The van der Waals surface area contributed by atoms with Crippen LogP contribution in [0.25, 0.3) is 0 Å². The van der Waals surface area contributed by atoms with Crippen molar-refractivity contribution in [1.82, 2.24) is 29.9 Å². The number of benzene rings is 1. The molecule has 0 aliphatic carbocycles. The monoisotopic (exact) mass is 424 g/mol. The van der Waals surface area contributed by atoms with E-state index in [1.54, 1.807) is 11.8 Å². The molecule has 1 aromatic carbocycles. The van der Waals surface area contributed by atoms with Gasteiger partial charge >= 0.3 is 0 Å². The molecule has 0 aliphatic rings. The van der Waals surface area contributed by atoms with Gasteiger partial charge < -0.3 is 9.88 Å². The molecule has 0 atom stereocenters. The average molecular weight is 425 g/mol. The van der Waals surface area contributed by atoms with Gasteiger partial charge in [0.25, 0.3) is 0 Å². The van der Waals surface area contributed by atoms with Gasteiger partial charge in [-0.2, -0.15) is 5.10 Å². The number of aryl methyl sites for hydroxylation is 4. The van der Waals surface area contributed by atoms with Gasteiger partial charge in [-0.25, -0.2) is 0 Å². The second kappa shape index (κ2) is 10.2. The Balaban J connectivity index is 1.56. The number of nitrogens with zero attached hydrogens (tertiary/aromatic N) is 5. The molecule has 0 radical (unpaired) electrons. The number of allylic oxidation sites excluding steroid dienone is 1. The topological polar surface area (TPSA) is 77.6 Å². The number of rotatable bonds is 10. The molecule has 0 saturated heterocycles. The number of thioether (sulfide) groups is 1. The molecule has 158 valence electrons. The summed E-state index contributed by atoms with van der Waals surface area (Å²) in [5, 5.41) is 16.8. The zero-order valence-corrected chi connectivity index (χ0v) is 18.6. The summed E-state index contributed by atoms with van der Waals surface area (Å²) in [7, 11) is 0. The van der Waals surface area contributed by atoms with Crippen LogP contribution in [0.3, 0.4) is 0 Å². The average Bonchev–Trinajstić information content (AvgIpc) is 3.25. The van der Waals surface area contributed by atoms with Crippen LogP contribution in [0.1, 0.15) is 34.8 Å². The third kappa shape index (κ3) is 5.82. The first kappa shape index (κ1) is 21.8. The van der Waals surface area contributed by atoms with Crippen LogP contribution < -0.4 is 5.32 Å². The number of hydrogen-bond donors (Lipinski definition) is 1. The lowest BCUT2D eigenvalue weighted by molar-refractivity contribution is -0.121. The Kier molecular flexibility index (Phi) is 7.46. The fourth-order valence-corrected chi connectivity index (χ4v) is 4.10. The molecule has 8 heteroatoms. The van der Waals surface area contributed by atoms with Gasteiger partial charge in [0.15, 0.2) is 11.0 Å². The molecular formula is C22H28N6OS. The highest BCUT2D eigenvalue weighted by atomic mass is 32.2. The lowest BCUT2D eigenvalue weighted by atomic mass is 10.2. The zero-order valence-electron chi connectivity index (χ0n) is 17.8. The molecule has 30 heavy (non-hydrogen) atoms. The van der Waals surface area contributed by atoms with E-state index in [-0.39, 0.29) is 5.91 Å². The SMILES string of the molecule is C=CCn1c(CNC(=O)CCn2nc(C)cc2C)nnc1SCc1cccc(C)c1. The number of carbonyl (C=O) groups is 1. The Bertz CT molecular complexity index is 1020. The van der Waals surface area contributed by atoms with Crippen molar-refractivity contribution < 1.29 is 4.79 Å². The summed E-state index contributed by atoms with van der Waals surface area (Å²) in [5.74, 6) is 1.50. The second-order valence-electron chi connectivity index (χ2n) is 7.25. The van der Waals surface area contributed by atoms with Gasteiger partial charge in [-0.05, 0) is 32.4 Å². The maximum Gasteiger partial charge on any atom is 0.222 e. The molecule has 2 aromatic heterocycles. The first-order chi connectivity index (χ1) is 14.5. The van der Waals surface area contributed by atoms with Crippen LogP contribution in [-0.4, -0.2) is 30.5 Å². The summed E-state index contributed by atoms with van der Waals surface area (Å²) >= 11 is 1.63. The van der Waals surface area contributed by atoms with Crippen LogP contribution in [0, 0.1) is 20.8 Å². The number of hydrogen-bond acceptors (Lipinski definition) is 5. The van der Waals surface area contributed by atoms with Crippen molar-refractivity contribution in [2.24, 2.45) is 0 Å². The standard InChI is InChI=1S/C22H28N6OS/c1-5-10-27-20(14-23-21(29)9-11-28-18(4)13-17(3)26-28)24-25-22(27)30-15-19-8-6-7-16(2)12-19/h5-8,12-13H,1,9-11,14-15H2,2-4H3,(H,23,29). The van der Waals surface area contributed by atoms with E-state index >= 15 is 0 Å². The van der Waals surface area contributed by atoms with E-state index in [1.165, 1.54) is 11.1 Å². The Morgan fingerprint density at radius 3 is 2.77 bits per heavy atom. The van der Waals surface area contributed by atoms with Crippen LogP contribution in [0.2, 0.25) is 0 Å². The van der Waals surface area contributed by atoms with Crippen molar-refractivity contribution in [3.05, 3.63) is 71.3 Å². The molecule has 1 amide bonds. The number of nitrogens with one attached hydrogen (secondary N) is 1. The third-order valence-electron chi connectivity index (χ3n) is 4.65. The number of amides is 1. The van der Waals surface area contributed by atoms with Crippen LogP contribution in [0.4, 0.5) is 0 Å². The van der Waals surface area contributed by atoms with Gasteiger partial charge in [0.05, 0.1) is 12.2 Å². The van der Waals surface area contributed by atoms with E-state index < -0.39 is 0 Å². The third-order valence-corrected chi connectivity index (χ3v) is 5.69. The molecular weight excluding hydrogens is 396 g/mol. The lowest BCUT2D eigenvalue weighted by Gasteiger charge is -2.09. The smallest absolute Gasteiger partial charge is 0.222 e. The van der Waals surface area contributed by atoms with Crippen molar-refractivity contribution >= 4 is 17.7 Å². The van der Waals surface area contributed by atoms with Crippen LogP contribution in [-0.2, 0) is 30.2 Å². The van der Waals surface area contributed by atoms with Gasteiger partial charge in [0, 0.05) is 31.0 Å². The van der Waals surface area contributed by atoms with E-state index in [9.17, 15) is 4.79 Å². The molecule has 0 bridgehead atoms. The van der Waals surface area contributed by atoms with E-state index in [0.29, 0.717) is 26.1 Å². The van der Waals surface area contributed by atoms with E-state index in [0.717, 1.165) is 28.1 Å². The van der Waals surface area contributed by atoms with Crippen molar-refractivity contribution in [3.8, 4) is 0 Å². The van der Waals surface area contributed by atoms with Crippen LogP contribution in [0.5, 0.6) is 0 Å². The summed E-state index contributed by atoms with van der Waals surface area (Å²) < 4.78 is 3.85. The predicted molar refractivity (Wildman–Crippen MR) is 119 cm³/mol. The van der Waals surface area contributed by atoms with Crippen molar-refractivity contribution in [2.45, 2.75) is 57.7 Å². The maximum absolute atomic E-state index is 12.3. The molecule has 3 rings (SSSR count). The molecule has 0 saturated carbocycles. The Morgan fingerprint density at radius 2 is 2.07 bits per heavy atom. The highest BCUT2D eigenvalue weighted by Crippen LogP contribution is 2.22. The van der Waals surface area contributed by atoms with E-state index in [4.69, 9.17) is 0 Å². The second-order valence-corrected chi connectivity index (χ2v) is 8.20. The molecule has 0 fully saturated rings. The highest BCUT2D eigenvalue weighted by Gasteiger charge is 2.13. The fraction of sp³-hybridized carbons (Fsp3) is 0.364. The van der Waals surface area contributed by atoms with Gasteiger partial charge in [-0.3, -0.25) is 9.48 Å². The minimum absolute atomic E-state index is 0.0373. The fourth-order valence-electron chi connectivity index (χ4n) is 3.19. The number of carbonyl (C=O) groups excluding carboxylic acids is 1. The van der Waals surface area contributed by atoms with Gasteiger partial charge in [0.2, 0.25) is 5.91 Å². The van der Waals surface area contributed by atoms with Crippen molar-refractivity contribution in [3.63, 3.8) is 0 Å². The largest absolute Gasteiger partial charge is 0.349 e. The molecule has 0 aliphatic heterocycles. The Labute approximate surface area is 181 Å². The quantitative estimate of drug-likeness (QED) is 0.398. The van der Waals surface area contributed by atoms with Crippen molar-refractivity contribution in [2.75, 3.05) is 0 Å². The summed E-state index contributed by atoms with van der Waals surface area (Å²) in [6.45, 7) is 11.4. The Morgan fingerprint density at radius 1 is 1.23 bits per heavy atom. The summed E-state index contributed by atoms with van der Waals surface area (Å²) in [6, 6.07) is 10.4. The molecule has 2 heterocycles. The molecule has 1 N–H and O–H groups in total. The van der Waals surface area contributed by atoms with Crippen LogP contribution in [0.15, 0.2) is 48.1 Å². The molecule has 0 unspecified atom stereocenters. The molecule has 0 spiro atoms. The normalized spacial score (nSPS) is 10.9. The maximum atomic E-state index is 12.3. The highest BCUT2D eigenvalue weighted by molar-refractivity contribution is 7.98. The summed E-state index contributed by atoms with van der Waals surface area (Å²) in [6.07, 6.45) is 2.18. The van der Waals surface area contributed by atoms with E-state index in [2.05, 4.69) is 58.4 Å². The first-order valence-electron chi connectivity index (χ1n) is 9.95. The van der Waals surface area contributed by atoms with E-state index in [1.807, 2.05) is 35.2 Å². The van der Waals surface area contributed by atoms with Crippen molar-refractivity contribution in [1.29, 1.82) is 0 Å². The van der Waals surface area contributed by atoms with Gasteiger partial charge in [-0.15, -0.1) is 16.8 Å². The lowest BCUT2D eigenvalue weighted by Crippen LogP contribution is -2.26. The molecule has 3 aromatic rings. The molecule has 7 nitrogen and oxygen atoms in total. The summed E-state index contributed by atoms with van der Waals surface area (Å²) in [5.41, 5.74) is 4.50. The zero-order chi connectivity index (χ0) is 21.5.